The highest BCUT2D eigenvalue weighted by molar-refractivity contribution is 6.04. The van der Waals surface area contributed by atoms with Crippen molar-refractivity contribution in [2.24, 2.45) is 0 Å². The van der Waals surface area contributed by atoms with Crippen LogP contribution in [0.2, 0.25) is 0 Å². The van der Waals surface area contributed by atoms with Gasteiger partial charge in [-0.1, -0.05) is 6.07 Å². The summed E-state index contributed by atoms with van der Waals surface area (Å²) in [7, 11) is 1.41. The van der Waals surface area contributed by atoms with Gasteiger partial charge in [-0.3, -0.25) is 14.6 Å². The number of hydrogen-bond donors (Lipinski definition) is 2. The topological polar surface area (TPSA) is 119 Å². The summed E-state index contributed by atoms with van der Waals surface area (Å²) in [6.45, 7) is 1.74. The Morgan fingerprint density at radius 2 is 1.68 bits per heavy atom. The van der Waals surface area contributed by atoms with Crippen LogP contribution in [0.3, 0.4) is 0 Å². The van der Waals surface area contributed by atoms with Gasteiger partial charge in [0.15, 0.2) is 5.82 Å². The summed E-state index contributed by atoms with van der Waals surface area (Å²) in [6.07, 6.45) is -0.641. The molecule has 0 spiro atoms. The van der Waals surface area contributed by atoms with E-state index >= 15 is 0 Å². The maximum Gasteiger partial charge on any atom is 0.433 e. The van der Waals surface area contributed by atoms with Crippen molar-refractivity contribution in [2.75, 3.05) is 24.4 Å². The predicted molar refractivity (Wildman–Crippen MR) is 133 cm³/mol. The lowest BCUT2D eigenvalue weighted by Gasteiger charge is -2.12. The Kier molecular flexibility index (Phi) is 7.72. The molecule has 0 aliphatic rings. The van der Waals surface area contributed by atoms with E-state index in [9.17, 15) is 22.8 Å². The maximum absolute atomic E-state index is 13.0. The zero-order valence-corrected chi connectivity index (χ0v) is 20.2. The van der Waals surface area contributed by atoms with E-state index in [1.54, 1.807) is 42.6 Å². The Hall–Kier alpha value is -4.71. The minimum absolute atomic E-state index is 0.116. The van der Waals surface area contributed by atoms with Crippen LogP contribution in [0.4, 0.5) is 24.7 Å². The lowest BCUT2D eigenvalue weighted by atomic mass is 10.0. The largest absolute Gasteiger partial charge is 0.433 e. The highest BCUT2D eigenvalue weighted by Gasteiger charge is 2.33. The van der Waals surface area contributed by atoms with Crippen molar-refractivity contribution in [1.82, 2.24) is 19.9 Å². The molecule has 0 fully saturated rings. The number of nitrogens with one attached hydrogen (secondary N) is 2. The van der Waals surface area contributed by atoms with E-state index in [0.717, 1.165) is 11.8 Å². The number of methoxy groups -OCH3 is 1. The van der Waals surface area contributed by atoms with Crippen LogP contribution in [-0.4, -0.2) is 45.5 Å². The predicted octanol–water partition coefficient (Wildman–Crippen LogP) is 4.77. The number of carbonyl (C=O) groups excluding carboxylic acids is 2. The molecule has 12 heteroatoms. The average Bonchev–Trinajstić information content (AvgIpc) is 2.89. The summed E-state index contributed by atoms with van der Waals surface area (Å²) in [5.41, 5.74) is 1.72. The molecule has 0 radical (unpaired) electrons. The van der Waals surface area contributed by atoms with Gasteiger partial charge < -0.3 is 15.4 Å². The van der Waals surface area contributed by atoms with Gasteiger partial charge >= 0.3 is 6.18 Å². The number of rotatable bonds is 7. The Balaban J connectivity index is 1.59. The van der Waals surface area contributed by atoms with Crippen LogP contribution in [0, 0.1) is 6.92 Å². The molecule has 0 saturated carbocycles. The van der Waals surface area contributed by atoms with Crippen LogP contribution in [-0.2, 0) is 15.7 Å². The van der Waals surface area contributed by atoms with Gasteiger partial charge in [0, 0.05) is 48.1 Å². The summed E-state index contributed by atoms with van der Waals surface area (Å²) in [5.74, 6) is -0.389. The normalized spacial score (nSPS) is 11.2. The first-order valence-corrected chi connectivity index (χ1v) is 11.2. The van der Waals surface area contributed by atoms with Gasteiger partial charge in [-0.15, -0.1) is 0 Å². The Morgan fingerprint density at radius 1 is 0.921 bits per heavy atom. The smallest absolute Gasteiger partial charge is 0.375 e. The monoisotopic (exact) mass is 522 g/mol. The summed E-state index contributed by atoms with van der Waals surface area (Å²) >= 11 is 0. The second kappa shape index (κ2) is 11.1. The molecule has 194 valence electrons. The van der Waals surface area contributed by atoms with Gasteiger partial charge in [-0.25, -0.2) is 15.0 Å². The third-order valence-corrected chi connectivity index (χ3v) is 5.30. The number of amides is 2. The Morgan fingerprint density at radius 3 is 2.45 bits per heavy atom. The number of nitrogens with zero attached hydrogens (tertiary/aromatic N) is 4. The van der Waals surface area contributed by atoms with E-state index in [2.05, 4.69) is 30.6 Å². The fourth-order valence-electron chi connectivity index (χ4n) is 3.50. The molecule has 4 aromatic rings. The zero-order valence-electron chi connectivity index (χ0n) is 20.2. The Labute approximate surface area is 215 Å². The number of benzene rings is 1. The highest BCUT2D eigenvalue weighted by Crippen LogP contribution is 2.29. The van der Waals surface area contributed by atoms with Crippen molar-refractivity contribution in [3.8, 4) is 22.6 Å². The summed E-state index contributed by atoms with van der Waals surface area (Å²) < 4.78 is 43.7. The van der Waals surface area contributed by atoms with Gasteiger partial charge in [0.05, 0.1) is 5.69 Å². The molecule has 0 bridgehead atoms. The number of ether oxygens (including phenoxy) is 1. The molecule has 2 amide bonds. The summed E-state index contributed by atoms with van der Waals surface area (Å²) in [5, 5.41) is 5.24. The minimum atomic E-state index is -4.66. The van der Waals surface area contributed by atoms with E-state index in [0.29, 0.717) is 40.2 Å². The number of halogens is 3. The standard InChI is InChI=1S/C26H21F3N6O3/c1-15-3-4-18(33-25(37)17-6-8-30-21(11-17)26(27,28)29)13-19(15)20-7-10-32-24(34-20)16-5-9-31-22(12-16)35-23(36)14-38-2/h3-13H,14H2,1-2H3,(H,33,37)(H,31,35,36). The van der Waals surface area contributed by atoms with Crippen LogP contribution >= 0.6 is 0 Å². The molecular weight excluding hydrogens is 501 g/mol. The SMILES string of the molecule is COCC(=O)Nc1cc(-c2nccc(-c3cc(NC(=O)c4ccnc(C(F)(F)F)c4)ccc3C)n2)ccn1. The third kappa shape index (κ3) is 6.34. The number of carbonyl (C=O) groups is 2. The van der Waals surface area contributed by atoms with Gasteiger partial charge in [0.1, 0.15) is 18.1 Å². The van der Waals surface area contributed by atoms with E-state index < -0.39 is 17.8 Å². The second-order valence-corrected chi connectivity index (χ2v) is 8.09. The maximum atomic E-state index is 13.0. The number of hydrogen-bond acceptors (Lipinski definition) is 7. The number of alkyl halides is 3. The molecule has 2 N–H and O–H groups in total. The number of aromatic nitrogens is 4. The van der Waals surface area contributed by atoms with E-state index in [-0.39, 0.29) is 18.1 Å². The lowest BCUT2D eigenvalue weighted by molar-refractivity contribution is -0.141. The van der Waals surface area contributed by atoms with Gasteiger partial charge in [0.25, 0.3) is 11.8 Å². The van der Waals surface area contributed by atoms with Gasteiger partial charge in [-0.05, 0) is 55.0 Å². The molecule has 3 heterocycles. The Bertz CT molecular complexity index is 1490. The van der Waals surface area contributed by atoms with Crippen molar-refractivity contribution in [3.63, 3.8) is 0 Å². The van der Waals surface area contributed by atoms with Crippen molar-refractivity contribution in [2.45, 2.75) is 13.1 Å². The summed E-state index contributed by atoms with van der Waals surface area (Å²) in [6, 6.07) is 12.0. The highest BCUT2D eigenvalue weighted by atomic mass is 19.4. The molecule has 0 atom stereocenters. The van der Waals surface area contributed by atoms with Crippen LogP contribution in [0.5, 0.6) is 0 Å². The van der Waals surface area contributed by atoms with Gasteiger partial charge in [-0.2, -0.15) is 13.2 Å². The first-order chi connectivity index (χ1) is 18.1. The molecule has 0 saturated heterocycles. The fourth-order valence-corrected chi connectivity index (χ4v) is 3.50. The third-order valence-electron chi connectivity index (χ3n) is 5.30. The minimum Gasteiger partial charge on any atom is -0.375 e. The van der Waals surface area contributed by atoms with Crippen LogP contribution in [0.1, 0.15) is 21.6 Å². The molecule has 9 nitrogen and oxygen atoms in total. The number of pyridine rings is 2. The molecule has 1 aromatic carbocycles. The van der Waals surface area contributed by atoms with Crippen LogP contribution < -0.4 is 10.6 Å². The molecule has 4 rings (SSSR count). The lowest BCUT2D eigenvalue weighted by Crippen LogP contribution is -2.17. The average molecular weight is 522 g/mol. The van der Waals surface area contributed by atoms with Crippen molar-refractivity contribution in [3.05, 3.63) is 83.9 Å². The number of anilines is 2. The zero-order chi connectivity index (χ0) is 27.3. The number of aryl methyl sites for hydroxylation is 1. The molecular formula is C26H21F3N6O3. The van der Waals surface area contributed by atoms with E-state index in [1.165, 1.54) is 19.4 Å². The molecule has 38 heavy (non-hydrogen) atoms. The fraction of sp³-hybridized carbons (Fsp3) is 0.154. The van der Waals surface area contributed by atoms with Crippen molar-refractivity contribution < 1.29 is 27.5 Å². The van der Waals surface area contributed by atoms with Crippen LogP contribution in [0.25, 0.3) is 22.6 Å². The van der Waals surface area contributed by atoms with Crippen molar-refractivity contribution >= 4 is 23.3 Å². The van der Waals surface area contributed by atoms with Crippen molar-refractivity contribution in [1.29, 1.82) is 0 Å². The van der Waals surface area contributed by atoms with Crippen LogP contribution in [0.15, 0.2) is 67.1 Å². The summed E-state index contributed by atoms with van der Waals surface area (Å²) in [4.78, 5) is 40.8. The molecule has 0 aliphatic carbocycles. The van der Waals surface area contributed by atoms with Gasteiger partial charge in [0.2, 0.25) is 0 Å². The molecule has 3 aromatic heterocycles. The molecule has 0 unspecified atom stereocenters. The second-order valence-electron chi connectivity index (χ2n) is 8.09. The van der Waals surface area contributed by atoms with E-state index in [1.807, 2.05) is 6.92 Å². The first kappa shape index (κ1) is 26.4. The molecule has 0 aliphatic heterocycles. The first-order valence-electron chi connectivity index (χ1n) is 11.2. The van der Waals surface area contributed by atoms with E-state index in [4.69, 9.17) is 4.74 Å². The quantitative estimate of drug-likeness (QED) is 0.359.